The first-order valence-electron chi connectivity index (χ1n) is 4.45. The fourth-order valence-corrected chi connectivity index (χ4v) is 2.44. The molecule has 0 heterocycles. The predicted octanol–water partition coefficient (Wildman–Crippen LogP) is 3.66. The Morgan fingerprint density at radius 2 is 2.50 bits per heavy atom. The number of thiol groups is 1. The SMILES string of the molecule is CC[C@@H](C)SC1C=CC(S)=CC1. The molecule has 0 saturated heterocycles. The lowest BCUT2D eigenvalue weighted by Crippen LogP contribution is -2.06. The minimum absolute atomic E-state index is 0.677. The molecule has 1 unspecified atom stereocenters. The fraction of sp³-hybridized carbons (Fsp3) is 0.600. The molecule has 2 heteroatoms. The smallest absolute Gasteiger partial charge is 0.0268 e. The lowest BCUT2D eigenvalue weighted by molar-refractivity contribution is 0.894. The molecule has 0 N–H and O–H groups in total. The van der Waals surface area contributed by atoms with Gasteiger partial charge in [0, 0.05) is 10.5 Å². The molecule has 0 aromatic heterocycles. The Labute approximate surface area is 84.9 Å². The van der Waals surface area contributed by atoms with Gasteiger partial charge in [-0.3, -0.25) is 0 Å². The summed E-state index contributed by atoms with van der Waals surface area (Å²) >= 11 is 6.34. The molecular formula is C10H16S2. The van der Waals surface area contributed by atoms with Gasteiger partial charge in [0.15, 0.2) is 0 Å². The standard InChI is InChI=1S/C10H16S2/c1-3-8(2)12-10-6-4-9(11)5-7-10/h4-6,8,10-11H,3,7H2,1-2H3/t8-,10?/m1/s1. The molecule has 0 nitrogen and oxygen atoms in total. The van der Waals surface area contributed by atoms with Crippen molar-refractivity contribution >= 4 is 24.4 Å². The average Bonchev–Trinajstić information content (AvgIpc) is 2.09. The third-order valence-electron chi connectivity index (χ3n) is 2.02. The summed E-state index contributed by atoms with van der Waals surface area (Å²) in [6.45, 7) is 4.53. The van der Waals surface area contributed by atoms with Crippen molar-refractivity contribution in [3.8, 4) is 0 Å². The van der Waals surface area contributed by atoms with Crippen molar-refractivity contribution in [1.82, 2.24) is 0 Å². The van der Waals surface area contributed by atoms with Gasteiger partial charge in [-0.2, -0.15) is 11.8 Å². The number of thioether (sulfide) groups is 1. The van der Waals surface area contributed by atoms with Crippen LogP contribution in [0.2, 0.25) is 0 Å². The zero-order valence-electron chi connectivity index (χ0n) is 7.66. The van der Waals surface area contributed by atoms with Gasteiger partial charge in [-0.25, -0.2) is 0 Å². The summed E-state index contributed by atoms with van der Waals surface area (Å²) in [5.74, 6) is 0. The van der Waals surface area contributed by atoms with Crippen LogP contribution in [0.3, 0.4) is 0 Å². The van der Waals surface area contributed by atoms with E-state index >= 15 is 0 Å². The van der Waals surface area contributed by atoms with E-state index in [0.29, 0.717) is 5.25 Å². The highest BCUT2D eigenvalue weighted by atomic mass is 32.2. The van der Waals surface area contributed by atoms with Gasteiger partial charge in [-0.05, 0) is 17.7 Å². The van der Waals surface area contributed by atoms with Crippen LogP contribution in [0.1, 0.15) is 26.7 Å². The van der Waals surface area contributed by atoms with Crippen LogP contribution in [0.15, 0.2) is 23.1 Å². The summed E-state index contributed by atoms with van der Waals surface area (Å²) in [5, 5.41) is 1.45. The van der Waals surface area contributed by atoms with E-state index in [1.165, 1.54) is 6.42 Å². The van der Waals surface area contributed by atoms with E-state index in [-0.39, 0.29) is 0 Å². The monoisotopic (exact) mass is 200 g/mol. The van der Waals surface area contributed by atoms with Crippen LogP contribution in [0, 0.1) is 0 Å². The van der Waals surface area contributed by atoms with Crippen LogP contribution in [0.4, 0.5) is 0 Å². The highest BCUT2D eigenvalue weighted by Crippen LogP contribution is 2.27. The topological polar surface area (TPSA) is 0 Å². The minimum Gasteiger partial charge on any atom is -0.151 e. The maximum Gasteiger partial charge on any atom is 0.0268 e. The van der Waals surface area contributed by atoms with Gasteiger partial charge in [-0.15, -0.1) is 12.6 Å². The Hall–Kier alpha value is 0.180. The van der Waals surface area contributed by atoms with Gasteiger partial charge < -0.3 is 0 Å². The Morgan fingerprint density at radius 1 is 1.75 bits per heavy atom. The first-order valence-corrected chi connectivity index (χ1v) is 5.84. The van der Waals surface area contributed by atoms with Gasteiger partial charge in [0.2, 0.25) is 0 Å². The van der Waals surface area contributed by atoms with Crippen LogP contribution in [0.5, 0.6) is 0 Å². The zero-order chi connectivity index (χ0) is 8.97. The van der Waals surface area contributed by atoms with E-state index in [0.717, 1.165) is 16.6 Å². The van der Waals surface area contributed by atoms with Crippen molar-refractivity contribution in [3.63, 3.8) is 0 Å². The van der Waals surface area contributed by atoms with E-state index < -0.39 is 0 Å². The van der Waals surface area contributed by atoms with E-state index in [1.54, 1.807) is 0 Å². The van der Waals surface area contributed by atoms with Crippen LogP contribution in [-0.2, 0) is 0 Å². The Kier molecular flexibility index (Phi) is 4.30. The molecule has 0 aromatic rings. The lowest BCUT2D eigenvalue weighted by Gasteiger charge is -2.17. The Morgan fingerprint density at radius 3 is 3.00 bits per heavy atom. The molecule has 1 rings (SSSR count). The van der Waals surface area contributed by atoms with E-state index in [4.69, 9.17) is 0 Å². The normalized spacial score (nSPS) is 25.2. The minimum atomic E-state index is 0.677. The summed E-state index contributed by atoms with van der Waals surface area (Å²) < 4.78 is 0. The van der Waals surface area contributed by atoms with E-state index in [2.05, 4.69) is 56.5 Å². The largest absolute Gasteiger partial charge is 0.151 e. The van der Waals surface area contributed by atoms with Crippen molar-refractivity contribution in [2.75, 3.05) is 0 Å². The highest BCUT2D eigenvalue weighted by molar-refractivity contribution is 8.00. The summed E-state index contributed by atoms with van der Waals surface area (Å²) in [4.78, 5) is 1.11. The maximum atomic E-state index is 4.28. The first-order chi connectivity index (χ1) is 5.72. The first kappa shape index (κ1) is 10.3. The average molecular weight is 200 g/mol. The Bertz CT molecular complexity index is 194. The third-order valence-corrected chi connectivity index (χ3v) is 3.85. The quantitative estimate of drug-likeness (QED) is 0.678. The number of rotatable bonds is 3. The van der Waals surface area contributed by atoms with Crippen molar-refractivity contribution in [2.24, 2.45) is 0 Å². The molecule has 12 heavy (non-hydrogen) atoms. The van der Waals surface area contributed by atoms with Crippen molar-refractivity contribution in [2.45, 2.75) is 37.2 Å². The molecule has 0 radical (unpaired) electrons. The lowest BCUT2D eigenvalue weighted by atomic mass is 10.2. The van der Waals surface area contributed by atoms with E-state index in [9.17, 15) is 0 Å². The molecule has 1 aliphatic rings. The van der Waals surface area contributed by atoms with Crippen LogP contribution in [0.25, 0.3) is 0 Å². The van der Waals surface area contributed by atoms with Crippen LogP contribution < -0.4 is 0 Å². The third kappa shape index (κ3) is 3.28. The second kappa shape index (κ2) is 5.03. The second-order valence-corrected chi connectivity index (χ2v) is 5.32. The molecule has 0 aliphatic heterocycles. The fourth-order valence-electron chi connectivity index (χ4n) is 1.08. The second-order valence-electron chi connectivity index (χ2n) is 3.12. The molecule has 68 valence electrons. The number of hydrogen-bond acceptors (Lipinski definition) is 2. The van der Waals surface area contributed by atoms with Gasteiger partial charge >= 0.3 is 0 Å². The molecule has 0 aromatic carbocycles. The number of hydrogen-bond donors (Lipinski definition) is 1. The summed E-state index contributed by atoms with van der Waals surface area (Å²) in [7, 11) is 0. The summed E-state index contributed by atoms with van der Waals surface area (Å²) in [5.41, 5.74) is 0. The molecule has 0 spiro atoms. The summed E-state index contributed by atoms with van der Waals surface area (Å²) in [6, 6.07) is 0. The molecule has 0 bridgehead atoms. The van der Waals surface area contributed by atoms with Crippen molar-refractivity contribution < 1.29 is 0 Å². The van der Waals surface area contributed by atoms with Gasteiger partial charge in [0.25, 0.3) is 0 Å². The number of allylic oxidation sites excluding steroid dienone is 2. The molecular weight excluding hydrogens is 184 g/mol. The zero-order valence-corrected chi connectivity index (χ0v) is 9.37. The molecule has 1 aliphatic carbocycles. The van der Waals surface area contributed by atoms with Gasteiger partial charge in [-0.1, -0.05) is 32.1 Å². The van der Waals surface area contributed by atoms with E-state index in [1.807, 2.05) is 0 Å². The predicted molar refractivity (Wildman–Crippen MR) is 62.0 cm³/mol. The van der Waals surface area contributed by atoms with Crippen LogP contribution in [-0.4, -0.2) is 10.5 Å². The maximum absolute atomic E-state index is 4.28. The van der Waals surface area contributed by atoms with Crippen LogP contribution >= 0.6 is 24.4 Å². The molecule has 0 fully saturated rings. The van der Waals surface area contributed by atoms with Gasteiger partial charge in [0.1, 0.15) is 0 Å². The van der Waals surface area contributed by atoms with Crippen molar-refractivity contribution in [1.29, 1.82) is 0 Å². The van der Waals surface area contributed by atoms with Gasteiger partial charge in [0.05, 0.1) is 0 Å². The molecule has 0 amide bonds. The molecule has 2 atom stereocenters. The summed E-state index contributed by atoms with van der Waals surface area (Å²) in [6.07, 6.45) is 8.96. The Balaban J connectivity index is 2.33. The molecule has 0 saturated carbocycles. The van der Waals surface area contributed by atoms with Crippen molar-refractivity contribution in [3.05, 3.63) is 23.1 Å². The highest BCUT2D eigenvalue weighted by Gasteiger charge is 2.10.